The number of halogens is 1. The molecule has 0 aliphatic carbocycles. The van der Waals surface area contributed by atoms with Crippen LogP contribution in [0.25, 0.3) is 0 Å². The summed E-state index contributed by atoms with van der Waals surface area (Å²) < 4.78 is 5.74. The zero-order chi connectivity index (χ0) is 19.2. The van der Waals surface area contributed by atoms with Gasteiger partial charge in [-0.3, -0.25) is 4.79 Å². The first-order chi connectivity index (χ1) is 13.0. The fourth-order valence-corrected chi connectivity index (χ4v) is 3.40. The Kier molecular flexibility index (Phi) is 6.48. The second-order valence-corrected chi connectivity index (χ2v) is 7.75. The fourth-order valence-electron chi connectivity index (χ4n) is 2.57. The minimum atomic E-state index is 0.0116. The molecule has 27 heavy (non-hydrogen) atoms. The Morgan fingerprint density at radius 2 is 1.85 bits per heavy atom. The number of benzene rings is 2. The van der Waals surface area contributed by atoms with Crippen LogP contribution in [0.5, 0.6) is 5.75 Å². The van der Waals surface area contributed by atoms with Crippen LogP contribution in [0, 0.1) is 0 Å². The minimum Gasteiger partial charge on any atom is -0.486 e. The van der Waals surface area contributed by atoms with Crippen molar-refractivity contribution >= 4 is 28.8 Å². The highest BCUT2D eigenvalue weighted by Crippen LogP contribution is 2.20. The summed E-state index contributed by atoms with van der Waals surface area (Å²) in [5, 5.41) is 3.53. The van der Waals surface area contributed by atoms with E-state index in [1.54, 1.807) is 12.1 Å². The third-order valence-electron chi connectivity index (χ3n) is 4.01. The zero-order valence-electron chi connectivity index (χ0n) is 15.3. The number of carbonyl (C=O) groups is 1. The molecule has 1 heterocycles. The third kappa shape index (κ3) is 5.31. The molecule has 0 spiro atoms. The monoisotopic (exact) mass is 400 g/mol. The lowest BCUT2D eigenvalue weighted by molar-refractivity contribution is 0.0688. The Morgan fingerprint density at radius 3 is 2.52 bits per heavy atom. The molecule has 0 N–H and O–H groups in total. The van der Waals surface area contributed by atoms with Crippen LogP contribution in [0.4, 0.5) is 0 Å². The van der Waals surface area contributed by atoms with E-state index in [-0.39, 0.29) is 11.9 Å². The lowest BCUT2D eigenvalue weighted by Crippen LogP contribution is -2.36. The number of ether oxygens (including phenoxy) is 1. The van der Waals surface area contributed by atoms with Crippen LogP contribution in [0.3, 0.4) is 0 Å². The number of hydrogen-bond donors (Lipinski definition) is 0. The van der Waals surface area contributed by atoms with Crippen LogP contribution < -0.4 is 4.74 Å². The summed E-state index contributed by atoms with van der Waals surface area (Å²) in [5.74, 6) is 0.761. The van der Waals surface area contributed by atoms with E-state index in [2.05, 4.69) is 4.98 Å². The molecule has 3 aromatic rings. The summed E-state index contributed by atoms with van der Waals surface area (Å²) in [5.41, 5.74) is 1.56. The Balaban J connectivity index is 1.64. The van der Waals surface area contributed by atoms with Crippen molar-refractivity contribution in [3.8, 4) is 5.75 Å². The van der Waals surface area contributed by atoms with E-state index in [1.165, 1.54) is 11.3 Å². The van der Waals surface area contributed by atoms with E-state index in [1.807, 2.05) is 66.6 Å². The number of hydrogen-bond acceptors (Lipinski definition) is 4. The summed E-state index contributed by atoms with van der Waals surface area (Å²) in [7, 11) is 0. The lowest BCUT2D eigenvalue weighted by atomic mass is 10.1. The van der Waals surface area contributed by atoms with Crippen LogP contribution in [0.1, 0.15) is 34.9 Å². The van der Waals surface area contributed by atoms with E-state index in [9.17, 15) is 4.79 Å². The molecule has 0 aliphatic heterocycles. The Bertz CT molecular complexity index is 879. The minimum absolute atomic E-state index is 0.0116. The molecule has 1 aromatic heterocycles. The van der Waals surface area contributed by atoms with Crippen LogP contribution >= 0.6 is 22.9 Å². The maximum atomic E-state index is 12.8. The van der Waals surface area contributed by atoms with E-state index in [0.717, 1.165) is 16.5 Å². The molecule has 140 valence electrons. The predicted molar refractivity (Wildman–Crippen MR) is 109 cm³/mol. The van der Waals surface area contributed by atoms with E-state index >= 15 is 0 Å². The molecular weight excluding hydrogens is 380 g/mol. The van der Waals surface area contributed by atoms with Gasteiger partial charge in [-0.1, -0.05) is 29.8 Å². The molecule has 2 aromatic carbocycles. The molecule has 3 rings (SSSR count). The number of aromatic nitrogens is 1. The van der Waals surface area contributed by atoms with Gasteiger partial charge in [0.05, 0.1) is 12.2 Å². The summed E-state index contributed by atoms with van der Waals surface area (Å²) in [6.07, 6.45) is 0. The summed E-state index contributed by atoms with van der Waals surface area (Å²) in [4.78, 5) is 19.2. The number of rotatable bonds is 7. The maximum Gasteiger partial charge on any atom is 0.254 e. The summed E-state index contributed by atoms with van der Waals surface area (Å²) >= 11 is 7.41. The van der Waals surface area contributed by atoms with Gasteiger partial charge in [0.2, 0.25) is 0 Å². The lowest BCUT2D eigenvalue weighted by Gasteiger charge is -2.26. The molecule has 0 bridgehead atoms. The van der Waals surface area contributed by atoms with Gasteiger partial charge >= 0.3 is 0 Å². The Hall–Kier alpha value is -2.37. The van der Waals surface area contributed by atoms with Crippen molar-refractivity contribution in [1.29, 1.82) is 0 Å². The van der Waals surface area contributed by atoms with Crippen molar-refractivity contribution in [1.82, 2.24) is 9.88 Å². The van der Waals surface area contributed by atoms with Gasteiger partial charge in [0.15, 0.2) is 0 Å². The predicted octanol–water partition coefficient (Wildman–Crippen LogP) is 5.43. The molecule has 0 saturated heterocycles. The molecule has 0 fully saturated rings. The molecule has 0 saturated carbocycles. The largest absolute Gasteiger partial charge is 0.486 e. The molecule has 4 nitrogen and oxygen atoms in total. The molecule has 0 unspecified atom stereocenters. The number of nitrogens with zero attached hydrogens (tertiary/aromatic N) is 2. The van der Waals surface area contributed by atoms with Crippen molar-refractivity contribution < 1.29 is 9.53 Å². The topological polar surface area (TPSA) is 42.4 Å². The standard InChI is InChI=1S/C21H21ClN2O2S/c1-15(2)24(21(25)16-6-4-3-5-7-16)12-18-14-27-20(23-18)13-26-19-10-8-17(22)9-11-19/h3-11,14-15H,12-13H2,1-2H3. The first kappa shape index (κ1) is 19.4. The SMILES string of the molecule is CC(C)N(Cc1csc(COc2ccc(Cl)cc2)n1)C(=O)c1ccccc1. The average molecular weight is 401 g/mol. The summed E-state index contributed by atoms with van der Waals surface area (Å²) in [6.45, 7) is 4.89. The highest BCUT2D eigenvalue weighted by Gasteiger charge is 2.20. The van der Waals surface area contributed by atoms with Gasteiger partial charge < -0.3 is 9.64 Å². The second kappa shape index (κ2) is 9.02. The van der Waals surface area contributed by atoms with Gasteiger partial charge in [-0.25, -0.2) is 4.98 Å². The van der Waals surface area contributed by atoms with E-state index in [0.29, 0.717) is 23.7 Å². The second-order valence-electron chi connectivity index (χ2n) is 6.37. The Labute approximate surface area is 168 Å². The Morgan fingerprint density at radius 1 is 1.15 bits per heavy atom. The number of thiazole rings is 1. The van der Waals surface area contributed by atoms with E-state index < -0.39 is 0 Å². The molecular formula is C21H21ClN2O2S. The highest BCUT2D eigenvalue weighted by molar-refractivity contribution is 7.09. The molecule has 6 heteroatoms. The van der Waals surface area contributed by atoms with Crippen molar-refractivity contribution in [3.05, 3.63) is 81.3 Å². The molecule has 0 atom stereocenters. The van der Waals surface area contributed by atoms with Gasteiger partial charge in [0.25, 0.3) is 5.91 Å². The highest BCUT2D eigenvalue weighted by atomic mass is 35.5. The average Bonchev–Trinajstić information content (AvgIpc) is 3.13. The van der Waals surface area contributed by atoms with Crippen molar-refractivity contribution in [2.75, 3.05) is 0 Å². The van der Waals surface area contributed by atoms with Crippen LogP contribution in [-0.4, -0.2) is 21.8 Å². The smallest absolute Gasteiger partial charge is 0.254 e. The molecule has 1 amide bonds. The van der Waals surface area contributed by atoms with Crippen LogP contribution in [0.2, 0.25) is 5.02 Å². The number of amides is 1. The fraction of sp³-hybridized carbons (Fsp3) is 0.238. The van der Waals surface area contributed by atoms with Crippen molar-refractivity contribution in [3.63, 3.8) is 0 Å². The molecule has 0 aliphatic rings. The quantitative estimate of drug-likeness (QED) is 0.531. The maximum absolute atomic E-state index is 12.8. The van der Waals surface area contributed by atoms with Crippen molar-refractivity contribution in [2.24, 2.45) is 0 Å². The molecule has 0 radical (unpaired) electrons. The van der Waals surface area contributed by atoms with E-state index in [4.69, 9.17) is 16.3 Å². The van der Waals surface area contributed by atoms with Crippen LogP contribution in [-0.2, 0) is 13.2 Å². The van der Waals surface area contributed by atoms with Gasteiger partial charge in [-0.2, -0.15) is 0 Å². The van der Waals surface area contributed by atoms with Gasteiger partial charge in [-0.05, 0) is 50.2 Å². The first-order valence-electron chi connectivity index (χ1n) is 8.70. The van der Waals surface area contributed by atoms with Gasteiger partial charge in [0, 0.05) is 22.0 Å². The first-order valence-corrected chi connectivity index (χ1v) is 9.96. The summed E-state index contributed by atoms with van der Waals surface area (Å²) in [6, 6.07) is 16.7. The zero-order valence-corrected chi connectivity index (χ0v) is 16.8. The normalized spacial score (nSPS) is 10.8. The van der Waals surface area contributed by atoms with Crippen molar-refractivity contribution in [2.45, 2.75) is 33.0 Å². The number of carbonyl (C=O) groups excluding carboxylic acids is 1. The van der Waals surface area contributed by atoms with Gasteiger partial charge in [-0.15, -0.1) is 11.3 Å². The van der Waals surface area contributed by atoms with Gasteiger partial charge in [0.1, 0.15) is 17.4 Å². The van der Waals surface area contributed by atoms with Crippen LogP contribution in [0.15, 0.2) is 60.0 Å². The third-order valence-corrected chi connectivity index (χ3v) is 5.14.